The molecule has 112 valence electrons. The van der Waals surface area contributed by atoms with Crippen LogP contribution in [0.25, 0.3) is 0 Å². The fourth-order valence-corrected chi connectivity index (χ4v) is 3.23. The van der Waals surface area contributed by atoms with E-state index in [-0.39, 0.29) is 11.8 Å². The highest BCUT2D eigenvalue weighted by molar-refractivity contribution is 7.88. The summed E-state index contributed by atoms with van der Waals surface area (Å²) in [5.74, 6) is 0.0637. The van der Waals surface area contributed by atoms with E-state index in [0.29, 0.717) is 25.9 Å². The van der Waals surface area contributed by atoms with Gasteiger partial charge in [-0.15, -0.1) is 0 Å². The van der Waals surface area contributed by atoms with Gasteiger partial charge in [0.25, 0.3) is 0 Å². The summed E-state index contributed by atoms with van der Waals surface area (Å²) in [6.07, 6.45) is 7.08. The van der Waals surface area contributed by atoms with E-state index in [1.165, 1.54) is 23.4 Å². The van der Waals surface area contributed by atoms with E-state index < -0.39 is 10.0 Å². The molecule has 1 saturated heterocycles. The van der Waals surface area contributed by atoms with Gasteiger partial charge in [0.2, 0.25) is 15.9 Å². The molecule has 0 aliphatic carbocycles. The molecule has 0 unspecified atom stereocenters. The standard InChI is InChI=1S/C13H26N2O3S/c1-3-4-5-6-9-14-13(16)12-7-10-15(11-8-12)19(2,17)18/h12H,3-11H2,1-2H3,(H,14,16). The van der Waals surface area contributed by atoms with E-state index in [1.807, 2.05) is 0 Å². The SMILES string of the molecule is CCCCCCNC(=O)C1CCN(S(C)(=O)=O)CC1. The maximum atomic E-state index is 11.9. The zero-order valence-electron chi connectivity index (χ0n) is 12.0. The molecule has 1 fully saturated rings. The van der Waals surface area contributed by atoms with Crippen molar-refractivity contribution in [2.45, 2.75) is 45.4 Å². The summed E-state index contributed by atoms with van der Waals surface area (Å²) in [6.45, 7) is 3.83. The van der Waals surface area contributed by atoms with Crippen LogP contribution in [-0.2, 0) is 14.8 Å². The third kappa shape index (κ3) is 5.91. The van der Waals surface area contributed by atoms with Crippen molar-refractivity contribution in [1.82, 2.24) is 9.62 Å². The van der Waals surface area contributed by atoms with Gasteiger partial charge in [-0.05, 0) is 19.3 Å². The van der Waals surface area contributed by atoms with Crippen molar-refractivity contribution in [2.75, 3.05) is 25.9 Å². The molecule has 0 aromatic heterocycles. The molecule has 1 aliphatic heterocycles. The third-order valence-electron chi connectivity index (χ3n) is 3.62. The van der Waals surface area contributed by atoms with Crippen LogP contribution in [0.4, 0.5) is 0 Å². The number of unbranched alkanes of at least 4 members (excludes halogenated alkanes) is 3. The first kappa shape index (κ1) is 16.4. The normalized spacial score (nSPS) is 18.4. The summed E-state index contributed by atoms with van der Waals surface area (Å²) in [7, 11) is -3.10. The van der Waals surface area contributed by atoms with Crippen LogP contribution >= 0.6 is 0 Å². The lowest BCUT2D eigenvalue weighted by Gasteiger charge is -2.29. The number of nitrogens with zero attached hydrogens (tertiary/aromatic N) is 1. The Balaban J connectivity index is 2.22. The quantitative estimate of drug-likeness (QED) is 0.720. The summed E-state index contributed by atoms with van der Waals surface area (Å²) < 4.78 is 24.2. The Morgan fingerprint density at radius 2 is 1.84 bits per heavy atom. The number of amides is 1. The summed E-state index contributed by atoms with van der Waals surface area (Å²) in [5, 5.41) is 2.96. The minimum absolute atomic E-state index is 0.0239. The fourth-order valence-electron chi connectivity index (χ4n) is 2.36. The minimum atomic E-state index is -3.10. The van der Waals surface area contributed by atoms with Gasteiger partial charge in [-0.1, -0.05) is 26.2 Å². The van der Waals surface area contributed by atoms with E-state index in [4.69, 9.17) is 0 Å². The number of rotatable bonds is 7. The molecule has 5 nitrogen and oxygen atoms in total. The molecule has 1 aliphatic rings. The third-order valence-corrected chi connectivity index (χ3v) is 4.93. The van der Waals surface area contributed by atoms with E-state index in [1.54, 1.807) is 0 Å². The average Bonchev–Trinajstić information content (AvgIpc) is 2.37. The molecular formula is C13H26N2O3S. The Labute approximate surface area is 116 Å². The van der Waals surface area contributed by atoms with Gasteiger partial charge in [0.05, 0.1) is 6.26 Å². The van der Waals surface area contributed by atoms with Crippen LogP contribution < -0.4 is 5.32 Å². The van der Waals surface area contributed by atoms with Gasteiger partial charge >= 0.3 is 0 Å². The van der Waals surface area contributed by atoms with Gasteiger partial charge in [-0.25, -0.2) is 12.7 Å². The predicted octanol–water partition coefficient (Wildman–Crippen LogP) is 1.35. The molecule has 0 bridgehead atoms. The first-order valence-corrected chi connectivity index (χ1v) is 9.02. The molecule has 0 radical (unpaired) electrons. The summed E-state index contributed by atoms with van der Waals surface area (Å²) >= 11 is 0. The molecule has 0 atom stereocenters. The van der Waals surface area contributed by atoms with Crippen LogP contribution in [-0.4, -0.2) is 44.5 Å². The molecule has 6 heteroatoms. The largest absolute Gasteiger partial charge is 0.356 e. The van der Waals surface area contributed by atoms with Crippen molar-refractivity contribution in [1.29, 1.82) is 0 Å². The second-order valence-corrected chi connectivity index (χ2v) is 7.27. The Hall–Kier alpha value is -0.620. The number of piperidine rings is 1. The van der Waals surface area contributed by atoms with Gasteiger partial charge in [0.15, 0.2) is 0 Å². The number of carbonyl (C=O) groups excluding carboxylic acids is 1. The number of sulfonamides is 1. The van der Waals surface area contributed by atoms with Crippen molar-refractivity contribution < 1.29 is 13.2 Å². The zero-order valence-corrected chi connectivity index (χ0v) is 12.8. The van der Waals surface area contributed by atoms with Gasteiger partial charge < -0.3 is 5.32 Å². The smallest absolute Gasteiger partial charge is 0.223 e. The molecule has 1 N–H and O–H groups in total. The zero-order chi connectivity index (χ0) is 14.3. The van der Waals surface area contributed by atoms with Gasteiger partial charge in [-0.2, -0.15) is 0 Å². The molecule has 0 aromatic carbocycles. The lowest BCUT2D eigenvalue weighted by Crippen LogP contribution is -2.42. The van der Waals surface area contributed by atoms with Crippen LogP contribution in [0.3, 0.4) is 0 Å². The second kappa shape index (κ2) is 7.85. The summed E-state index contributed by atoms with van der Waals surface area (Å²) in [5.41, 5.74) is 0. The van der Waals surface area contributed by atoms with Crippen LogP contribution in [0, 0.1) is 5.92 Å². The van der Waals surface area contributed by atoms with Crippen molar-refractivity contribution in [3.63, 3.8) is 0 Å². The Kier molecular flexibility index (Phi) is 6.79. The van der Waals surface area contributed by atoms with Crippen molar-refractivity contribution >= 4 is 15.9 Å². The minimum Gasteiger partial charge on any atom is -0.356 e. The molecule has 1 rings (SSSR count). The van der Waals surface area contributed by atoms with Gasteiger partial charge in [0.1, 0.15) is 0 Å². The highest BCUT2D eigenvalue weighted by atomic mass is 32.2. The van der Waals surface area contributed by atoms with Gasteiger partial charge in [0, 0.05) is 25.6 Å². The lowest BCUT2D eigenvalue weighted by molar-refractivity contribution is -0.126. The van der Waals surface area contributed by atoms with Crippen LogP contribution in [0.15, 0.2) is 0 Å². The monoisotopic (exact) mass is 290 g/mol. The Morgan fingerprint density at radius 3 is 2.37 bits per heavy atom. The molecule has 1 amide bonds. The molecular weight excluding hydrogens is 264 g/mol. The lowest BCUT2D eigenvalue weighted by atomic mass is 9.97. The summed E-state index contributed by atoms with van der Waals surface area (Å²) in [6, 6.07) is 0. The van der Waals surface area contributed by atoms with E-state index in [0.717, 1.165) is 19.4 Å². The van der Waals surface area contributed by atoms with E-state index >= 15 is 0 Å². The number of nitrogens with one attached hydrogen (secondary N) is 1. The van der Waals surface area contributed by atoms with E-state index in [9.17, 15) is 13.2 Å². The van der Waals surface area contributed by atoms with E-state index in [2.05, 4.69) is 12.2 Å². The van der Waals surface area contributed by atoms with Crippen molar-refractivity contribution in [3.05, 3.63) is 0 Å². The first-order chi connectivity index (χ1) is 8.95. The van der Waals surface area contributed by atoms with Crippen molar-refractivity contribution in [2.24, 2.45) is 5.92 Å². The average molecular weight is 290 g/mol. The maximum Gasteiger partial charge on any atom is 0.223 e. The van der Waals surface area contributed by atoms with Crippen molar-refractivity contribution in [3.8, 4) is 0 Å². The number of carbonyl (C=O) groups is 1. The molecule has 19 heavy (non-hydrogen) atoms. The predicted molar refractivity (Wildman–Crippen MR) is 76.3 cm³/mol. The topological polar surface area (TPSA) is 66.5 Å². The Morgan fingerprint density at radius 1 is 1.21 bits per heavy atom. The number of hydrogen-bond donors (Lipinski definition) is 1. The fraction of sp³-hybridized carbons (Fsp3) is 0.923. The van der Waals surface area contributed by atoms with Crippen LogP contribution in [0.2, 0.25) is 0 Å². The highest BCUT2D eigenvalue weighted by Gasteiger charge is 2.28. The summed E-state index contributed by atoms with van der Waals surface area (Å²) in [4.78, 5) is 11.9. The van der Waals surface area contributed by atoms with Crippen LogP contribution in [0.5, 0.6) is 0 Å². The molecule has 0 aromatic rings. The molecule has 0 spiro atoms. The Bertz CT molecular complexity index is 373. The molecule has 1 heterocycles. The highest BCUT2D eigenvalue weighted by Crippen LogP contribution is 2.19. The molecule has 0 saturated carbocycles. The number of hydrogen-bond acceptors (Lipinski definition) is 3. The maximum absolute atomic E-state index is 11.9. The first-order valence-electron chi connectivity index (χ1n) is 7.18. The second-order valence-electron chi connectivity index (χ2n) is 5.29. The van der Waals surface area contributed by atoms with Crippen LogP contribution in [0.1, 0.15) is 45.4 Å². The van der Waals surface area contributed by atoms with Gasteiger partial charge in [-0.3, -0.25) is 4.79 Å².